The molecule has 0 unspecified atom stereocenters. The van der Waals surface area contributed by atoms with Crippen LogP contribution in [0.2, 0.25) is 0 Å². The fraction of sp³-hybridized carbons (Fsp3) is 0.222. The molecule has 4 rings (SSSR count). The van der Waals surface area contributed by atoms with Crippen LogP contribution in [-0.4, -0.2) is 17.1 Å². The Bertz CT molecular complexity index is 891. The Kier molecular flexibility index (Phi) is 3.71. The van der Waals surface area contributed by atoms with E-state index in [4.69, 9.17) is 0 Å². The van der Waals surface area contributed by atoms with E-state index in [1.807, 2.05) is 35.8 Å². The van der Waals surface area contributed by atoms with Crippen molar-refractivity contribution in [3.8, 4) is 0 Å². The molecule has 0 atom stereocenters. The van der Waals surface area contributed by atoms with Crippen molar-refractivity contribution in [2.24, 2.45) is 5.10 Å². The van der Waals surface area contributed by atoms with Crippen LogP contribution in [-0.2, 0) is 12.8 Å². The van der Waals surface area contributed by atoms with Crippen LogP contribution in [0.5, 0.6) is 0 Å². The molecule has 4 nitrogen and oxygen atoms in total. The molecule has 0 saturated carbocycles. The zero-order valence-electron chi connectivity index (χ0n) is 12.6. The van der Waals surface area contributed by atoms with Gasteiger partial charge in [-0.05, 0) is 37.3 Å². The number of aromatic nitrogens is 1. The zero-order chi connectivity index (χ0) is 15.6. The highest BCUT2D eigenvalue weighted by molar-refractivity contribution is 7.10. The first kappa shape index (κ1) is 14.2. The topological polar surface area (TPSA) is 57.2 Å². The van der Waals surface area contributed by atoms with Crippen LogP contribution in [0.3, 0.4) is 0 Å². The second-order valence-electron chi connectivity index (χ2n) is 5.75. The predicted octanol–water partition coefficient (Wildman–Crippen LogP) is 3.87. The summed E-state index contributed by atoms with van der Waals surface area (Å²) in [5, 5.41) is 7.19. The van der Waals surface area contributed by atoms with Crippen LogP contribution in [0, 0.1) is 0 Å². The van der Waals surface area contributed by atoms with E-state index in [9.17, 15) is 4.79 Å². The summed E-state index contributed by atoms with van der Waals surface area (Å²) in [6, 6.07) is 8.03. The molecule has 0 fully saturated rings. The van der Waals surface area contributed by atoms with Gasteiger partial charge in [0.25, 0.3) is 5.91 Å². The second-order valence-corrected chi connectivity index (χ2v) is 6.71. The molecular formula is C18H17N3OS. The van der Waals surface area contributed by atoms with Gasteiger partial charge < -0.3 is 4.98 Å². The van der Waals surface area contributed by atoms with Crippen LogP contribution in [0.15, 0.2) is 40.9 Å². The van der Waals surface area contributed by atoms with Crippen molar-refractivity contribution in [2.45, 2.75) is 25.7 Å². The lowest BCUT2D eigenvalue weighted by Crippen LogP contribution is -2.19. The molecule has 2 aromatic heterocycles. The number of amides is 1. The average molecular weight is 323 g/mol. The van der Waals surface area contributed by atoms with Gasteiger partial charge in [0.1, 0.15) is 0 Å². The maximum Gasteiger partial charge on any atom is 0.272 e. The third-order valence-corrected chi connectivity index (χ3v) is 5.39. The van der Waals surface area contributed by atoms with Crippen molar-refractivity contribution < 1.29 is 4.79 Å². The molecule has 0 aliphatic heterocycles. The van der Waals surface area contributed by atoms with Gasteiger partial charge in [0.15, 0.2) is 0 Å². The number of aromatic amines is 1. The smallest absolute Gasteiger partial charge is 0.272 e. The molecule has 1 aliphatic carbocycles. The van der Waals surface area contributed by atoms with Crippen molar-refractivity contribution in [1.29, 1.82) is 0 Å². The molecule has 23 heavy (non-hydrogen) atoms. The standard InChI is InChI=1S/C18H17N3OS/c22-18(15-11-23-17-8-4-2-6-14(15)17)21-20-10-12-9-19-16-7-3-1-5-13(12)16/h1,3,5,7,9-11,19H,2,4,6,8H2,(H,21,22)/b20-10+. The summed E-state index contributed by atoms with van der Waals surface area (Å²) in [6.45, 7) is 0. The molecule has 116 valence electrons. The lowest BCUT2D eigenvalue weighted by atomic mass is 9.96. The molecule has 0 spiro atoms. The fourth-order valence-corrected chi connectivity index (χ4v) is 4.23. The second kappa shape index (κ2) is 6.01. The number of hydrazone groups is 1. The highest BCUT2D eigenvalue weighted by Crippen LogP contribution is 2.30. The van der Waals surface area contributed by atoms with Gasteiger partial charge in [-0.2, -0.15) is 5.10 Å². The Labute approximate surface area is 138 Å². The number of fused-ring (bicyclic) bond motifs is 2. The number of nitrogens with zero attached hydrogens (tertiary/aromatic N) is 1. The minimum absolute atomic E-state index is 0.111. The van der Waals surface area contributed by atoms with Crippen molar-refractivity contribution in [3.05, 3.63) is 57.4 Å². The first-order valence-electron chi connectivity index (χ1n) is 7.81. The lowest BCUT2D eigenvalue weighted by molar-refractivity contribution is 0.0954. The summed E-state index contributed by atoms with van der Waals surface area (Å²) in [6.07, 6.45) is 8.10. The molecule has 0 saturated heterocycles. The van der Waals surface area contributed by atoms with E-state index in [2.05, 4.69) is 15.5 Å². The van der Waals surface area contributed by atoms with E-state index >= 15 is 0 Å². The number of para-hydroxylation sites is 1. The quantitative estimate of drug-likeness (QED) is 0.558. The number of hydrogen-bond acceptors (Lipinski definition) is 3. The third-order valence-electron chi connectivity index (χ3n) is 4.30. The number of aryl methyl sites for hydroxylation is 1. The average Bonchev–Trinajstić information content (AvgIpc) is 3.19. The van der Waals surface area contributed by atoms with E-state index in [0.29, 0.717) is 0 Å². The first-order valence-corrected chi connectivity index (χ1v) is 8.69. The summed E-state index contributed by atoms with van der Waals surface area (Å²) in [5.74, 6) is -0.111. The maximum atomic E-state index is 12.3. The van der Waals surface area contributed by atoms with Crippen molar-refractivity contribution in [1.82, 2.24) is 10.4 Å². The number of rotatable bonds is 3. The van der Waals surface area contributed by atoms with E-state index in [0.717, 1.165) is 34.9 Å². The number of carbonyl (C=O) groups is 1. The number of carbonyl (C=O) groups excluding carboxylic acids is 1. The van der Waals surface area contributed by atoms with Crippen LogP contribution in [0.4, 0.5) is 0 Å². The minimum Gasteiger partial charge on any atom is -0.361 e. The summed E-state index contributed by atoms with van der Waals surface area (Å²) in [4.78, 5) is 16.9. The Morgan fingerprint density at radius 2 is 2.13 bits per heavy atom. The van der Waals surface area contributed by atoms with Crippen LogP contribution in [0.1, 0.15) is 39.2 Å². The lowest BCUT2D eigenvalue weighted by Gasteiger charge is -2.11. The molecule has 0 bridgehead atoms. The van der Waals surface area contributed by atoms with Crippen molar-refractivity contribution >= 4 is 34.4 Å². The molecule has 1 aliphatic rings. The van der Waals surface area contributed by atoms with E-state index < -0.39 is 0 Å². The van der Waals surface area contributed by atoms with Crippen molar-refractivity contribution in [3.63, 3.8) is 0 Å². The molecule has 1 amide bonds. The number of thiophene rings is 1. The largest absolute Gasteiger partial charge is 0.361 e. The van der Waals surface area contributed by atoms with E-state index in [-0.39, 0.29) is 5.91 Å². The van der Waals surface area contributed by atoms with Gasteiger partial charge in [0, 0.05) is 32.9 Å². The van der Waals surface area contributed by atoms with Gasteiger partial charge in [-0.15, -0.1) is 11.3 Å². The van der Waals surface area contributed by atoms with Gasteiger partial charge >= 0.3 is 0 Å². The molecule has 5 heteroatoms. The minimum atomic E-state index is -0.111. The first-order chi connectivity index (χ1) is 11.3. The van der Waals surface area contributed by atoms with Gasteiger partial charge in [0.05, 0.1) is 11.8 Å². The summed E-state index contributed by atoms with van der Waals surface area (Å²) in [5.41, 5.74) is 6.71. The fourth-order valence-electron chi connectivity index (χ4n) is 3.11. The van der Waals surface area contributed by atoms with E-state index in [1.165, 1.54) is 23.3 Å². The number of nitrogens with one attached hydrogen (secondary N) is 2. The summed E-state index contributed by atoms with van der Waals surface area (Å²) in [7, 11) is 0. The van der Waals surface area contributed by atoms with Gasteiger partial charge in [-0.3, -0.25) is 4.79 Å². The Balaban J connectivity index is 1.50. The summed E-state index contributed by atoms with van der Waals surface area (Å²) < 4.78 is 0. The SMILES string of the molecule is O=C(N/N=C/c1c[nH]c2ccccc12)c1csc2c1CCCC2. The number of H-pyrrole nitrogens is 1. The van der Waals surface area contributed by atoms with Crippen LogP contribution in [0.25, 0.3) is 10.9 Å². The van der Waals surface area contributed by atoms with Crippen LogP contribution < -0.4 is 5.43 Å². The molecule has 2 N–H and O–H groups in total. The Morgan fingerprint density at radius 3 is 3.09 bits per heavy atom. The van der Waals surface area contributed by atoms with Gasteiger partial charge in [-0.1, -0.05) is 18.2 Å². The Hall–Kier alpha value is -2.40. The monoisotopic (exact) mass is 323 g/mol. The molecule has 0 radical (unpaired) electrons. The molecular weight excluding hydrogens is 306 g/mol. The molecule has 2 heterocycles. The molecule has 3 aromatic rings. The van der Waals surface area contributed by atoms with E-state index in [1.54, 1.807) is 17.6 Å². The highest BCUT2D eigenvalue weighted by Gasteiger charge is 2.19. The predicted molar refractivity (Wildman–Crippen MR) is 94.3 cm³/mol. The molecule has 1 aromatic carbocycles. The zero-order valence-corrected chi connectivity index (χ0v) is 13.5. The van der Waals surface area contributed by atoms with Gasteiger partial charge in [0.2, 0.25) is 0 Å². The normalized spacial score (nSPS) is 14.3. The van der Waals surface area contributed by atoms with Crippen LogP contribution >= 0.6 is 11.3 Å². The highest BCUT2D eigenvalue weighted by atomic mass is 32.1. The third kappa shape index (κ3) is 2.68. The van der Waals surface area contributed by atoms with Gasteiger partial charge in [-0.25, -0.2) is 5.43 Å². The summed E-state index contributed by atoms with van der Waals surface area (Å²) >= 11 is 1.70. The number of hydrogen-bond donors (Lipinski definition) is 2. The van der Waals surface area contributed by atoms with Crippen molar-refractivity contribution in [2.75, 3.05) is 0 Å². The maximum absolute atomic E-state index is 12.3. The number of benzene rings is 1. The Morgan fingerprint density at radius 1 is 1.26 bits per heavy atom.